The maximum Gasteiger partial charge on any atom is 0.235 e. The van der Waals surface area contributed by atoms with E-state index in [2.05, 4.69) is 126 Å². The lowest BCUT2D eigenvalue weighted by atomic mass is 9.98. The summed E-state index contributed by atoms with van der Waals surface area (Å²) in [6.45, 7) is 0. The van der Waals surface area contributed by atoms with Crippen LogP contribution in [-0.2, 0) is 0 Å². The van der Waals surface area contributed by atoms with Crippen molar-refractivity contribution >= 4 is 43.5 Å². The summed E-state index contributed by atoms with van der Waals surface area (Å²) in [7, 11) is 0. The standard InChI is InChI=1S/C36H23N3/c1-3-11-24(12-4-1)26-19-21-28-27(23-26)20-22-33-34(28)30-16-8-10-18-32(30)39(33)36-37-31-17-9-7-15-29(31)35(38-36)25-13-5-2-6-14-25/h1-23H. The van der Waals surface area contributed by atoms with Crippen LogP contribution in [0.2, 0.25) is 0 Å². The number of aromatic nitrogens is 3. The molecular formula is C36H23N3. The van der Waals surface area contributed by atoms with Crippen molar-refractivity contribution in [1.82, 2.24) is 14.5 Å². The largest absolute Gasteiger partial charge is 0.278 e. The minimum absolute atomic E-state index is 0.680. The summed E-state index contributed by atoms with van der Waals surface area (Å²) in [6.07, 6.45) is 0. The molecule has 0 atom stereocenters. The molecular weight excluding hydrogens is 474 g/mol. The number of nitrogens with zero attached hydrogens (tertiary/aromatic N) is 3. The maximum atomic E-state index is 5.20. The Bertz CT molecular complexity index is 2160. The average molecular weight is 498 g/mol. The second kappa shape index (κ2) is 8.64. The Morgan fingerprint density at radius 2 is 1.13 bits per heavy atom. The van der Waals surface area contributed by atoms with E-state index in [0.29, 0.717) is 5.95 Å². The van der Waals surface area contributed by atoms with E-state index in [1.807, 2.05) is 18.2 Å². The maximum absolute atomic E-state index is 5.20. The van der Waals surface area contributed by atoms with Gasteiger partial charge in [-0.3, -0.25) is 4.57 Å². The lowest BCUT2D eigenvalue weighted by Gasteiger charge is -2.12. The van der Waals surface area contributed by atoms with Crippen molar-refractivity contribution in [3.63, 3.8) is 0 Å². The molecule has 0 bridgehead atoms. The summed E-state index contributed by atoms with van der Waals surface area (Å²) in [4.78, 5) is 10.3. The van der Waals surface area contributed by atoms with Gasteiger partial charge in [0.05, 0.1) is 22.2 Å². The Balaban J connectivity index is 1.44. The van der Waals surface area contributed by atoms with E-state index in [1.165, 1.54) is 32.7 Å². The number of para-hydroxylation sites is 2. The highest BCUT2D eigenvalue weighted by Crippen LogP contribution is 2.38. The Labute approximate surface area is 225 Å². The van der Waals surface area contributed by atoms with E-state index in [4.69, 9.17) is 9.97 Å². The molecule has 0 radical (unpaired) electrons. The fourth-order valence-corrected chi connectivity index (χ4v) is 5.80. The van der Waals surface area contributed by atoms with Gasteiger partial charge in [-0.05, 0) is 46.2 Å². The summed E-state index contributed by atoms with van der Waals surface area (Å²) >= 11 is 0. The lowest BCUT2D eigenvalue weighted by molar-refractivity contribution is 1.01. The van der Waals surface area contributed by atoms with Gasteiger partial charge in [0, 0.05) is 21.7 Å². The summed E-state index contributed by atoms with van der Waals surface area (Å²) in [6, 6.07) is 49.0. The first-order valence-corrected chi connectivity index (χ1v) is 13.2. The quantitative estimate of drug-likeness (QED) is 0.244. The Hall–Kier alpha value is -5.28. The SMILES string of the molecule is c1ccc(-c2ccc3c(ccc4c3c3ccccc3n4-c3nc(-c4ccccc4)c4ccccc4n3)c2)cc1. The van der Waals surface area contributed by atoms with E-state index < -0.39 is 0 Å². The van der Waals surface area contributed by atoms with Crippen LogP contribution in [0.5, 0.6) is 0 Å². The third-order valence-electron chi connectivity index (χ3n) is 7.60. The third-order valence-corrected chi connectivity index (χ3v) is 7.60. The summed E-state index contributed by atoms with van der Waals surface area (Å²) < 4.78 is 2.22. The van der Waals surface area contributed by atoms with Crippen LogP contribution in [0.1, 0.15) is 0 Å². The summed E-state index contributed by atoms with van der Waals surface area (Å²) in [5, 5.41) is 5.92. The van der Waals surface area contributed by atoms with Crippen LogP contribution in [0.15, 0.2) is 140 Å². The zero-order valence-corrected chi connectivity index (χ0v) is 21.1. The van der Waals surface area contributed by atoms with Gasteiger partial charge in [0.2, 0.25) is 5.95 Å². The van der Waals surface area contributed by atoms with Gasteiger partial charge >= 0.3 is 0 Å². The minimum Gasteiger partial charge on any atom is -0.278 e. The predicted octanol–water partition coefficient (Wildman–Crippen LogP) is 9.21. The van der Waals surface area contributed by atoms with Crippen LogP contribution in [0.4, 0.5) is 0 Å². The normalized spacial score (nSPS) is 11.6. The number of rotatable bonds is 3. The molecule has 0 aliphatic carbocycles. The molecule has 0 N–H and O–H groups in total. The van der Waals surface area contributed by atoms with Crippen LogP contribution < -0.4 is 0 Å². The molecule has 6 aromatic carbocycles. The Morgan fingerprint density at radius 1 is 0.436 bits per heavy atom. The van der Waals surface area contributed by atoms with E-state index in [-0.39, 0.29) is 0 Å². The van der Waals surface area contributed by atoms with Gasteiger partial charge in [-0.25, -0.2) is 9.97 Å². The first-order chi connectivity index (χ1) is 19.3. The molecule has 3 nitrogen and oxygen atoms in total. The number of hydrogen-bond donors (Lipinski definition) is 0. The van der Waals surface area contributed by atoms with Gasteiger partial charge < -0.3 is 0 Å². The highest BCUT2D eigenvalue weighted by atomic mass is 15.2. The van der Waals surface area contributed by atoms with Gasteiger partial charge in [0.1, 0.15) is 0 Å². The first kappa shape index (κ1) is 21.8. The van der Waals surface area contributed by atoms with Crippen LogP contribution in [0.3, 0.4) is 0 Å². The molecule has 0 aliphatic heterocycles. The molecule has 2 aromatic heterocycles. The third kappa shape index (κ3) is 3.44. The Kier molecular flexibility index (Phi) is 4.82. The molecule has 0 fully saturated rings. The van der Waals surface area contributed by atoms with Crippen molar-refractivity contribution in [1.29, 1.82) is 0 Å². The highest BCUT2D eigenvalue weighted by molar-refractivity contribution is 6.21. The number of benzene rings is 6. The van der Waals surface area contributed by atoms with Crippen molar-refractivity contribution in [2.24, 2.45) is 0 Å². The van der Waals surface area contributed by atoms with Crippen molar-refractivity contribution < 1.29 is 0 Å². The molecule has 3 heteroatoms. The Morgan fingerprint density at radius 3 is 1.95 bits per heavy atom. The van der Waals surface area contributed by atoms with Crippen LogP contribution in [0, 0.1) is 0 Å². The van der Waals surface area contributed by atoms with Gasteiger partial charge in [0.25, 0.3) is 0 Å². The molecule has 0 saturated heterocycles. The highest BCUT2D eigenvalue weighted by Gasteiger charge is 2.18. The molecule has 8 aromatic rings. The monoisotopic (exact) mass is 497 g/mol. The van der Waals surface area contributed by atoms with Gasteiger partial charge in [-0.2, -0.15) is 0 Å². The summed E-state index contributed by atoms with van der Waals surface area (Å²) in [5.74, 6) is 0.680. The van der Waals surface area contributed by atoms with Crippen LogP contribution in [-0.4, -0.2) is 14.5 Å². The molecule has 0 saturated carbocycles. The van der Waals surface area contributed by atoms with Gasteiger partial charge in [0.15, 0.2) is 0 Å². The summed E-state index contributed by atoms with van der Waals surface area (Å²) in [5.41, 5.74) is 7.59. The van der Waals surface area contributed by atoms with Crippen molar-refractivity contribution in [2.45, 2.75) is 0 Å². The number of fused-ring (bicyclic) bond motifs is 6. The molecule has 182 valence electrons. The molecule has 2 heterocycles. The fraction of sp³-hybridized carbons (Fsp3) is 0. The fourth-order valence-electron chi connectivity index (χ4n) is 5.80. The van der Waals surface area contributed by atoms with Gasteiger partial charge in [-0.1, -0.05) is 115 Å². The average Bonchev–Trinajstić information content (AvgIpc) is 3.36. The van der Waals surface area contributed by atoms with E-state index in [9.17, 15) is 0 Å². The van der Waals surface area contributed by atoms with Crippen molar-refractivity contribution in [3.05, 3.63) is 140 Å². The first-order valence-electron chi connectivity index (χ1n) is 13.2. The molecule has 0 amide bonds. The van der Waals surface area contributed by atoms with Crippen molar-refractivity contribution in [2.75, 3.05) is 0 Å². The van der Waals surface area contributed by atoms with Crippen LogP contribution >= 0.6 is 0 Å². The lowest BCUT2D eigenvalue weighted by Crippen LogP contribution is -2.03. The zero-order chi connectivity index (χ0) is 25.8. The molecule has 0 aliphatic rings. The number of hydrogen-bond acceptors (Lipinski definition) is 2. The van der Waals surface area contributed by atoms with E-state index in [0.717, 1.165) is 33.2 Å². The second-order valence-corrected chi connectivity index (χ2v) is 9.87. The topological polar surface area (TPSA) is 30.7 Å². The van der Waals surface area contributed by atoms with Crippen LogP contribution in [0.25, 0.3) is 71.8 Å². The van der Waals surface area contributed by atoms with Gasteiger partial charge in [-0.15, -0.1) is 0 Å². The molecule has 0 unspecified atom stereocenters. The predicted molar refractivity (Wildman–Crippen MR) is 162 cm³/mol. The van der Waals surface area contributed by atoms with E-state index in [1.54, 1.807) is 0 Å². The zero-order valence-electron chi connectivity index (χ0n) is 21.1. The minimum atomic E-state index is 0.680. The molecule has 39 heavy (non-hydrogen) atoms. The smallest absolute Gasteiger partial charge is 0.235 e. The van der Waals surface area contributed by atoms with Crippen molar-refractivity contribution in [3.8, 4) is 28.3 Å². The molecule has 8 rings (SSSR count). The van der Waals surface area contributed by atoms with E-state index >= 15 is 0 Å². The second-order valence-electron chi connectivity index (χ2n) is 9.87. The molecule has 0 spiro atoms.